The fourth-order valence-electron chi connectivity index (χ4n) is 2.45. The first-order valence-electron chi connectivity index (χ1n) is 7.91. The number of ether oxygens (including phenoxy) is 2. The van der Waals surface area contributed by atoms with Crippen LogP contribution in [0.4, 0.5) is 5.69 Å². The number of rotatable bonds is 5. The molecule has 2 aromatic carbocycles. The Balaban J connectivity index is 1.98. The minimum absolute atomic E-state index is 0.0674. The fraction of sp³-hybridized carbons (Fsp3) is 0.105. The molecular weight excluding hydrogens is 370 g/mol. The number of carbonyl (C=O) groups is 2. The summed E-state index contributed by atoms with van der Waals surface area (Å²) in [6.45, 7) is 0. The molecule has 7 nitrogen and oxygen atoms in total. The number of fused-ring (bicyclic) bond motifs is 1. The van der Waals surface area contributed by atoms with E-state index in [2.05, 4.69) is 24.8 Å². The van der Waals surface area contributed by atoms with Gasteiger partial charge in [0, 0.05) is 11.3 Å². The monoisotopic (exact) mass is 385 g/mol. The van der Waals surface area contributed by atoms with Gasteiger partial charge in [-0.2, -0.15) is 0 Å². The summed E-state index contributed by atoms with van der Waals surface area (Å²) in [4.78, 5) is 31.1. The van der Waals surface area contributed by atoms with Crippen LogP contribution in [0.15, 0.2) is 54.2 Å². The molecule has 1 heterocycles. The van der Waals surface area contributed by atoms with Gasteiger partial charge < -0.3 is 19.8 Å². The molecule has 0 amide bonds. The van der Waals surface area contributed by atoms with E-state index in [1.54, 1.807) is 18.2 Å². The van der Waals surface area contributed by atoms with Gasteiger partial charge in [-0.25, -0.2) is 14.6 Å². The zero-order valence-electron chi connectivity index (χ0n) is 14.6. The maximum atomic E-state index is 11.9. The Morgan fingerprint density at radius 1 is 1.15 bits per heavy atom. The highest BCUT2D eigenvalue weighted by Gasteiger charge is 2.15. The first-order chi connectivity index (χ1) is 13.0. The maximum Gasteiger partial charge on any atom is 0.354 e. The molecule has 0 fully saturated rings. The third-order valence-electron chi connectivity index (χ3n) is 3.76. The molecule has 0 aliphatic carbocycles. The molecule has 0 saturated carbocycles. The Bertz CT molecular complexity index is 1010. The summed E-state index contributed by atoms with van der Waals surface area (Å²) in [6, 6.07) is 12.7. The number of nitrogens with one attached hydrogen (secondary N) is 2. The zero-order chi connectivity index (χ0) is 19.4. The molecule has 2 N–H and O–H groups in total. The van der Waals surface area contributed by atoms with Gasteiger partial charge in [-0.1, -0.05) is 23.7 Å². The molecule has 0 atom stereocenters. The maximum absolute atomic E-state index is 11.9. The quantitative estimate of drug-likeness (QED) is 0.515. The molecule has 0 unspecified atom stereocenters. The molecule has 0 aliphatic rings. The van der Waals surface area contributed by atoms with Gasteiger partial charge in [0.1, 0.15) is 11.5 Å². The van der Waals surface area contributed by atoms with Gasteiger partial charge in [-0.05, 0) is 30.3 Å². The third-order valence-corrected chi connectivity index (χ3v) is 4.09. The summed E-state index contributed by atoms with van der Waals surface area (Å²) in [5.41, 5.74) is 2.78. The molecule has 8 heteroatoms. The van der Waals surface area contributed by atoms with Gasteiger partial charge in [0.25, 0.3) is 0 Å². The second-order valence-corrected chi connectivity index (χ2v) is 5.90. The first kappa shape index (κ1) is 18.5. The number of hydrogen-bond acceptors (Lipinski definition) is 6. The highest BCUT2D eigenvalue weighted by Crippen LogP contribution is 2.30. The SMILES string of the molecule is COC(=O)/C=C(/Nc1ccc(Cl)c(-c2nc3ccccc3[nH]2)c1)C(=O)OC. The van der Waals surface area contributed by atoms with Crippen LogP contribution in [0, 0.1) is 0 Å². The van der Waals surface area contributed by atoms with Crippen molar-refractivity contribution in [1.29, 1.82) is 0 Å². The summed E-state index contributed by atoms with van der Waals surface area (Å²) in [5, 5.41) is 3.33. The van der Waals surface area contributed by atoms with Gasteiger partial charge in [-0.15, -0.1) is 0 Å². The highest BCUT2D eigenvalue weighted by molar-refractivity contribution is 6.33. The number of methoxy groups -OCH3 is 2. The van der Waals surface area contributed by atoms with Crippen molar-refractivity contribution in [3.8, 4) is 11.4 Å². The van der Waals surface area contributed by atoms with E-state index in [4.69, 9.17) is 11.6 Å². The molecule has 0 aliphatic heterocycles. The predicted molar refractivity (Wildman–Crippen MR) is 102 cm³/mol. The summed E-state index contributed by atoms with van der Waals surface area (Å²) in [5.74, 6) is -0.809. The highest BCUT2D eigenvalue weighted by atomic mass is 35.5. The van der Waals surface area contributed by atoms with E-state index in [1.165, 1.54) is 14.2 Å². The van der Waals surface area contributed by atoms with Crippen LogP contribution in [0.1, 0.15) is 0 Å². The average molecular weight is 386 g/mol. The first-order valence-corrected chi connectivity index (χ1v) is 8.29. The van der Waals surface area contributed by atoms with Crippen molar-refractivity contribution in [3.05, 3.63) is 59.3 Å². The van der Waals surface area contributed by atoms with Crippen molar-refractivity contribution in [2.75, 3.05) is 19.5 Å². The molecule has 27 heavy (non-hydrogen) atoms. The summed E-state index contributed by atoms with van der Waals surface area (Å²) >= 11 is 6.32. The second-order valence-electron chi connectivity index (χ2n) is 5.49. The van der Waals surface area contributed by atoms with Crippen molar-refractivity contribution in [1.82, 2.24) is 9.97 Å². The van der Waals surface area contributed by atoms with E-state index in [9.17, 15) is 9.59 Å². The second kappa shape index (κ2) is 7.92. The summed E-state index contributed by atoms with van der Waals surface area (Å²) in [6.07, 6.45) is 1.02. The number of halogens is 1. The van der Waals surface area contributed by atoms with E-state index >= 15 is 0 Å². The number of aromatic nitrogens is 2. The lowest BCUT2D eigenvalue weighted by molar-refractivity contribution is -0.138. The number of carbonyl (C=O) groups excluding carboxylic acids is 2. The smallest absolute Gasteiger partial charge is 0.354 e. The van der Waals surface area contributed by atoms with Gasteiger partial charge in [0.2, 0.25) is 0 Å². The van der Waals surface area contributed by atoms with Crippen LogP contribution in [-0.2, 0) is 19.1 Å². The minimum atomic E-state index is -0.708. The largest absolute Gasteiger partial charge is 0.466 e. The van der Waals surface area contributed by atoms with Crippen LogP contribution in [-0.4, -0.2) is 36.1 Å². The molecule has 0 radical (unpaired) electrons. The molecule has 3 rings (SSSR count). The number of aromatic amines is 1. The van der Waals surface area contributed by atoms with Crippen LogP contribution >= 0.6 is 11.6 Å². The molecule has 1 aromatic heterocycles. The molecule has 3 aromatic rings. The lowest BCUT2D eigenvalue weighted by Crippen LogP contribution is -2.15. The van der Waals surface area contributed by atoms with Gasteiger partial charge in [0.05, 0.1) is 36.4 Å². The predicted octanol–water partition coefficient (Wildman–Crippen LogP) is 3.53. The Kier molecular flexibility index (Phi) is 5.42. The summed E-state index contributed by atoms with van der Waals surface area (Å²) < 4.78 is 9.25. The van der Waals surface area contributed by atoms with E-state index in [-0.39, 0.29) is 5.70 Å². The lowest BCUT2D eigenvalue weighted by Gasteiger charge is -2.11. The minimum Gasteiger partial charge on any atom is -0.466 e. The number of anilines is 1. The topological polar surface area (TPSA) is 93.3 Å². The van der Waals surface area contributed by atoms with Crippen molar-refractivity contribution >= 4 is 40.3 Å². The number of imidazole rings is 1. The zero-order valence-corrected chi connectivity index (χ0v) is 15.3. The van der Waals surface area contributed by atoms with Crippen LogP contribution < -0.4 is 5.32 Å². The third kappa shape index (κ3) is 4.09. The number of benzene rings is 2. The number of para-hydroxylation sites is 2. The van der Waals surface area contributed by atoms with Crippen molar-refractivity contribution in [3.63, 3.8) is 0 Å². The number of esters is 2. The average Bonchev–Trinajstić information content (AvgIpc) is 3.12. The number of hydrogen-bond donors (Lipinski definition) is 2. The Morgan fingerprint density at radius 3 is 2.63 bits per heavy atom. The number of nitrogens with zero attached hydrogens (tertiary/aromatic N) is 1. The normalized spacial score (nSPS) is 11.3. The van der Waals surface area contributed by atoms with E-state index < -0.39 is 11.9 Å². The Hall–Kier alpha value is -3.32. The molecule has 138 valence electrons. The van der Waals surface area contributed by atoms with E-state index in [0.717, 1.165) is 17.1 Å². The number of H-pyrrole nitrogens is 1. The Morgan fingerprint density at radius 2 is 1.93 bits per heavy atom. The van der Waals surface area contributed by atoms with Crippen molar-refractivity contribution in [2.24, 2.45) is 0 Å². The van der Waals surface area contributed by atoms with Crippen LogP contribution in [0.3, 0.4) is 0 Å². The standard InChI is InChI=1S/C19H16ClN3O4/c1-26-17(24)10-16(19(25)27-2)21-11-7-8-13(20)12(9-11)18-22-14-5-3-4-6-15(14)23-18/h3-10,21H,1-2H3,(H,22,23)/b16-10+. The Labute approximate surface area is 160 Å². The molecular formula is C19H16ClN3O4. The van der Waals surface area contributed by atoms with Crippen molar-refractivity contribution in [2.45, 2.75) is 0 Å². The van der Waals surface area contributed by atoms with E-state index in [0.29, 0.717) is 22.1 Å². The fourth-order valence-corrected chi connectivity index (χ4v) is 2.66. The van der Waals surface area contributed by atoms with Crippen LogP contribution in [0.2, 0.25) is 5.02 Å². The molecule has 0 bridgehead atoms. The molecule has 0 saturated heterocycles. The van der Waals surface area contributed by atoms with E-state index in [1.807, 2.05) is 24.3 Å². The van der Waals surface area contributed by atoms with Crippen molar-refractivity contribution < 1.29 is 19.1 Å². The van der Waals surface area contributed by atoms with Gasteiger partial charge >= 0.3 is 11.9 Å². The van der Waals surface area contributed by atoms with Gasteiger partial charge in [0.15, 0.2) is 0 Å². The van der Waals surface area contributed by atoms with Crippen LogP contribution in [0.25, 0.3) is 22.4 Å². The lowest BCUT2D eigenvalue weighted by atomic mass is 10.2. The molecule has 0 spiro atoms. The summed E-state index contributed by atoms with van der Waals surface area (Å²) in [7, 11) is 2.44. The van der Waals surface area contributed by atoms with Gasteiger partial charge in [-0.3, -0.25) is 0 Å². The van der Waals surface area contributed by atoms with Crippen LogP contribution in [0.5, 0.6) is 0 Å².